The third-order valence-corrected chi connectivity index (χ3v) is 4.38. The lowest BCUT2D eigenvalue weighted by molar-refractivity contribution is 0.0384. The van der Waals surface area contributed by atoms with Crippen LogP contribution in [0.5, 0.6) is 0 Å². The fraction of sp³-hybridized carbons (Fsp3) is 0.800. The number of rotatable bonds is 6. The number of ether oxygens (including phenoxy) is 1. The molecule has 5 nitrogen and oxygen atoms in total. The lowest BCUT2D eigenvalue weighted by atomic mass is 10.3. The molecule has 1 aliphatic heterocycles. The summed E-state index contributed by atoms with van der Waals surface area (Å²) in [7, 11) is 0. The zero-order chi connectivity index (χ0) is 13.6. The van der Waals surface area contributed by atoms with E-state index >= 15 is 0 Å². The van der Waals surface area contributed by atoms with E-state index in [4.69, 9.17) is 9.84 Å². The van der Waals surface area contributed by atoms with Gasteiger partial charge in [0.2, 0.25) is 0 Å². The van der Waals surface area contributed by atoms with E-state index in [-0.39, 0.29) is 0 Å². The van der Waals surface area contributed by atoms with Crippen LogP contribution >= 0.6 is 0 Å². The zero-order valence-corrected chi connectivity index (χ0v) is 12.3. The molecule has 0 bridgehead atoms. The highest BCUT2D eigenvalue weighted by atomic mass is 16.5. The Morgan fingerprint density at radius 3 is 2.85 bits per heavy atom. The Labute approximate surface area is 121 Å². The summed E-state index contributed by atoms with van der Waals surface area (Å²) in [5.74, 6) is 0. The predicted molar refractivity (Wildman–Crippen MR) is 78.7 cm³/mol. The van der Waals surface area contributed by atoms with Gasteiger partial charge in [-0.2, -0.15) is 5.10 Å². The van der Waals surface area contributed by atoms with Gasteiger partial charge in [0, 0.05) is 38.9 Å². The second-order valence-electron chi connectivity index (χ2n) is 5.86. The molecule has 1 N–H and O–H groups in total. The molecule has 1 aromatic rings. The van der Waals surface area contributed by atoms with Crippen molar-refractivity contribution in [1.82, 2.24) is 20.0 Å². The topological polar surface area (TPSA) is 42.3 Å². The molecule has 20 heavy (non-hydrogen) atoms. The van der Waals surface area contributed by atoms with Crippen LogP contribution in [0.2, 0.25) is 0 Å². The summed E-state index contributed by atoms with van der Waals surface area (Å²) >= 11 is 0. The molecule has 5 heteroatoms. The van der Waals surface area contributed by atoms with E-state index < -0.39 is 0 Å². The summed E-state index contributed by atoms with van der Waals surface area (Å²) in [6, 6.07) is 2.80. The zero-order valence-electron chi connectivity index (χ0n) is 12.3. The van der Waals surface area contributed by atoms with Gasteiger partial charge in [0.05, 0.1) is 24.9 Å². The molecule has 2 aliphatic rings. The lowest BCUT2D eigenvalue weighted by Gasteiger charge is -2.26. The smallest absolute Gasteiger partial charge is 0.0762 e. The standard InChI is InChI=1S/C15H26N4O/c1-2-4-15(3-1)19-7-5-14(17-19)13-16-6-8-18-9-11-20-12-10-18/h5,7,15-16H,1-4,6,8-13H2. The molecular formula is C15H26N4O. The molecule has 0 radical (unpaired) electrons. The highest BCUT2D eigenvalue weighted by molar-refractivity contribution is 4.99. The first-order valence-electron chi connectivity index (χ1n) is 7.97. The van der Waals surface area contributed by atoms with Crippen LogP contribution in [-0.4, -0.2) is 54.1 Å². The van der Waals surface area contributed by atoms with E-state index in [1.54, 1.807) is 0 Å². The van der Waals surface area contributed by atoms with Gasteiger partial charge in [0.1, 0.15) is 0 Å². The molecule has 2 heterocycles. The van der Waals surface area contributed by atoms with Crippen molar-refractivity contribution < 1.29 is 4.74 Å². The van der Waals surface area contributed by atoms with Gasteiger partial charge < -0.3 is 10.1 Å². The third-order valence-electron chi connectivity index (χ3n) is 4.38. The van der Waals surface area contributed by atoms with Crippen molar-refractivity contribution in [3.05, 3.63) is 18.0 Å². The van der Waals surface area contributed by atoms with Crippen molar-refractivity contribution >= 4 is 0 Å². The van der Waals surface area contributed by atoms with Gasteiger partial charge in [0.25, 0.3) is 0 Å². The fourth-order valence-corrected chi connectivity index (χ4v) is 3.12. The van der Waals surface area contributed by atoms with Crippen molar-refractivity contribution in [2.24, 2.45) is 0 Å². The Bertz CT molecular complexity index is 394. The van der Waals surface area contributed by atoms with Crippen molar-refractivity contribution in [1.29, 1.82) is 0 Å². The maximum absolute atomic E-state index is 5.35. The van der Waals surface area contributed by atoms with Crippen LogP contribution in [0.1, 0.15) is 37.4 Å². The monoisotopic (exact) mass is 278 g/mol. The molecule has 1 aromatic heterocycles. The molecular weight excluding hydrogens is 252 g/mol. The van der Waals surface area contributed by atoms with Crippen molar-refractivity contribution in [3.63, 3.8) is 0 Å². The van der Waals surface area contributed by atoms with Crippen LogP contribution in [0, 0.1) is 0 Å². The molecule has 0 spiro atoms. The first-order valence-corrected chi connectivity index (χ1v) is 7.97. The van der Waals surface area contributed by atoms with Gasteiger partial charge >= 0.3 is 0 Å². The SMILES string of the molecule is c1cn(C2CCCC2)nc1CNCCN1CCOCC1. The molecule has 2 fully saturated rings. The van der Waals surface area contributed by atoms with Crippen molar-refractivity contribution in [3.8, 4) is 0 Å². The molecule has 112 valence electrons. The van der Waals surface area contributed by atoms with Crippen molar-refractivity contribution in [2.45, 2.75) is 38.3 Å². The first kappa shape index (κ1) is 14.0. The summed E-state index contributed by atoms with van der Waals surface area (Å²) in [5.41, 5.74) is 1.17. The number of hydrogen-bond acceptors (Lipinski definition) is 4. The molecule has 1 saturated carbocycles. The minimum atomic E-state index is 0.650. The fourth-order valence-electron chi connectivity index (χ4n) is 3.12. The van der Waals surface area contributed by atoms with Crippen LogP contribution in [0.4, 0.5) is 0 Å². The minimum Gasteiger partial charge on any atom is -0.379 e. The van der Waals surface area contributed by atoms with Crippen LogP contribution in [0.15, 0.2) is 12.3 Å². The highest BCUT2D eigenvalue weighted by Crippen LogP contribution is 2.28. The van der Waals surface area contributed by atoms with Crippen LogP contribution in [-0.2, 0) is 11.3 Å². The summed E-state index contributed by atoms with van der Waals surface area (Å²) in [6.07, 6.45) is 7.46. The highest BCUT2D eigenvalue weighted by Gasteiger charge is 2.17. The van der Waals surface area contributed by atoms with E-state index in [0.717, 1.165) is 45.9 Å². The first-order chi connectivity index (χ1) is 9.92. The van der Waals surface area contributed by atoms with Gasteiger partial charge in [-0.1, -0.05) is 12.8 Å². The van der Waals surface area contributed by atoms with E-state index in [9.17, 15) is 0 Å². The average Bonchev–Trinajstić information content (AvgIpc) is 3.15. The molecule has 0 amide bonds. The van der Waals surface area contributed by atoms with Crippen LogP contribution in [0.3, 0.4) is 0 Å². The molecule has 0 unspecified atom stereocenters. The van der Waals surface area contributed by atoms with E-state index in [1.165, 1.54) is 31.4 Å². The van der Waals surface area contributed by atoms with Gasteiger partial charge in [-0.25, -0.2) is 0 Å². The maximum atomic E-state index is 5.35. The molecule has 1 saturated heterocycles. The van der Waals surface area contributed by atoms with E-state index in [1.807, 2.05) is 0 Å². The second kappa shape index (κ2) is 7.20. The van der Waals surface area contributed by atoms with Gasteiger partial charge in [0.15, 0.2) is 0 Å². The van der Waals surface area contributed by atoms with E-state index in [0.29, 0.717) is 6.04 Å². The number of nitrogens with one attached hydrogen (secondary N) is 1. The largest absolute Gasteiger partial charge is 0.379 e. The number of hydrogen-bond donors (Lipinski definition) is 1. The maximum Gasteiger partial charge on any atom is 0.0762 e. The second-order valence-corrected chi connectivity index (χ2v) is 5.86. The third kappa shape index (κ3) is 3.81. The average molecular weight is 278 g/mol. The molecule has 1 aliphatic carbocycles. The van der Waals surface area contributed by atoms with Crippen molar-refractivity contribution in [2.75, 3.05) is 39.4 Å². The number of nitrogens with zero attached hydrogens (tertiary/aromatic N) is 3. The molecule has 3 rings (SSSR count). The molecule has 0 atom stereocenters. The minimum absolute atomic E-state index is 0.650. The quantitative estimate of drug-likeness (QED) is 0.799. The van der Waals surface area contributed by atoms with E-state index in [2.05, 4.69) is 27.2 Å². The summed E-state index contributed by atoms with van der Waals surface area (Å²) in [5, 5.41) is 8.19. The molecule has 0 aromatic carbocycles. The van der Waals surface area contributed by atoms with Crippen LogP contribution in [0.25, 0.3) is 0 Å². The summed E-state index contributed by atoms with van der Waals surface area (Å²) in [6.45, 7) is 6.90. The Morgan fingerprint density at radius 2 is 2.05 bits per heavy atom. The predicted octanol–water partition coefficient (Wildman–Crippen LogP) is 1.42. The Hall–Kier alpha value is -0.910. The number of morpholine rings is 1. The van der Waals surface area contributed by atoms with Gasteiger partial charge in [-0.3, -0.25) is 9.58 Å². The van der Waals surface area contributed by atoms with Crippen LogP contribution < -0.4 is 5.32 Å². The Kier molecular flexibility index (Phi) is 5.06. The normalized spacial score (nSPS) is 21.6. The Morgan fingerprint density at radius 1 is 1.25 bits per heavy atom. The lowest BCUT2D eigenvalue weighted by Crippen LogP contribution is -2.40. The number of aromatic nitrogens is 2. The summed E-state index contributed by atoms with van der Waals surface area (Å²) < 4.78 is 7.52. The summed E-state index contributed by atoms with van der Waals surface area (Å²) in [4.78, 5) is 2.45. The van der Waals surface area contributed by atoms with Gasteiger partial charge in [-0.15, -0.1) is 0 Å². The Balaban J connectivity index is 1.35. The van der Waals surface area contributed by atoms with Gasteiger partial charge in [-0.05, 0) is 18.9 Å².